The Kier molecular flexibility index (Phi) is 5.70. The summed E-state index contributed by atoms with van der Waals surface area (Å²) in [5.41, 5.74) is 2.11. The lowest BCUT2D eigenvalue weighted by atomic mass is 9.78. The van der Waals surface area contributed by atoms with E-state index in [2.05, 4.69) is 41.5 Å². The van der Waals surface area contributed by atoms with Gasteiger partial charge in [0.15, 0.2) is 6.21 Å². The summed E-state index contributed by atoms with van der Waals surface area (Å²) in [5, 5.41) is 11.5. The minimum Gasteiger partial charge on any atom is -0.624 e. The van der Waals surface area contributed by atoms with Crippen molar-refractivity contribution in [3.8, 4) is 5.75 Å². The summed E-state index contributed by atoms with van der Waals surface area (Å²) in [4.78, 5) is 13.6. The molecule has 0 atom stereocenters. The van der Waals surface area contributed by atoms with Gasteiger partial charge in [0.2, 0.25) is 0 Å². The van der Waals surface area contributed by atoms with E-state index in [-0.39, 0.29) is 10.8 Å². The number of ether oxygens (including phenoxy) is 1. The van der Waals surface area contributed by atoms with Crippen molar-refractivity contribution in [1.82, 2.24) is 4.90 Å². The highest BCUT2D eigenvalue weighted by molar-refractivity contribution is 5.79. The summed E-state index contributed by atoms with van der Waals surface area (Å²) in [7, 11) is 4.77. The van der Waals surface area contributed by atoms with Crippen LogP contribution in [0.3, 0.4) is 0 Å². The molecule has 0 saturated heterocycles. The fourth-order valence-electron chi connectivity index (χ4n) is 2.34. The lowest BCUT2D eigenvalue weighted by Crippen LogP contribution is -2.29. The van der Waals surface area contributed by atoms with Gasteiger partial charge in [0.1, 0.15) is 12.8 Å². The molecule has 134 valence electrons. The summed E-state index contributed by atoms with van der Waals surface area (Å²) >= 11 is 0. The number of hydrogen-bond acceptors (Lipinski definition) is 3. The van der Waals surface area contributed by atoms with Gasteiger partial charge in [0, 0.05) is 30.8 Å². The number of carbonyl (C=O) groups is 1. The molecule has 24 heavy (non-hydrogen) atoms. The van der Waals surface area contributed by atoms with Crippen LogP contribution in [0.25, 0.3) is 0 Å². The summed E-state index contributed by atoms with van der Waals surface area (Å²) in [5.74, 6) is 0.583. The third-order valence-corrected chi connectivity index (χ3v) is 3.61. The quantitative estimate of drug-likeness (QED) is 0.357. The van der Waals surface area contributed by atoms with Crippen LogP contribution in [0.4, 0.5) is 4.79 Å². The van der Waals surface area contributed by atoms with Crippen molar-refractivity contribution in [2.24, 2.45) is 0 Å². The fourth-order valence-corrected chi connectivity index (χ4v) is 2.34. The number of benzene rings is 1. The topological polar surface area (TPSA) is 55.6 Å². The number of rotatable bonds is 2. The van der Waals surface area contributed by atoms with Crippen LogP contribution in [0.2, 0.25) is 0 Å². The van der Waals surface area contributed by atoms with Gasteiger partial charge >= 0.3 is 6.09 Å². The molecule has 0 aliphatic carbocycles. The van der Waals surface area contributed by atoms with Gasteiger partial charge in [-0.25, -0.2) is 9.53 Å². The molecule has 1 amide bonds. The van der Waals surface area contributed by atoms with Gasteiger partial charge in [-0.3, -0.25) is 0 Å². The third-order valence-electron chi connectivity index (χ3n) is 3.61. The monoisotopic (exact) mass is 334 g/mol. The second-order valence-electron chi connectivity index (χ2n) is 8.38. The number of hydrogen-bond donors (Lipinski definition) is 0. The molecule has 0 unspecified atom stereocenters. The van der Waals surface area contributed by atoms with E-state index in [0.717, 1.165) is 21.4 Å². The Bertz CT molecular complexity index is 609. The lowest BCUT2D eigenvalue weighted by molar-refractivity contribution is -0.416. The molecule has 0 heterocycles. The van der Waals surface area contributed by atoms with E-state index in [1.165, 1.54) is 18.2 Å². The lowest BCUT2D eigenvalue weighted by Gasteiger charge is -2.30. The molecule has 0 fully saturated rings. The average molecular weight is 334 g/mol. The van der Waals surface area contributed by atoms with Gasteiger partial charge in [-0.05, 0) is 23.0 Å². The molecule has 1 aromatic carbocycles. The Morgan fingerprint density at radius 3 is 1.79 bits per heavy atom. The molecule has 0 bridgehead atoms. The average Bonchev–Trinajstić information content (AvgIpc) is 2.36. The minimum atomic E-state index is -0.413. The third kappa shape index (κ3) is 4.98. The SMILES string of the molecule is CN(C)C(=O)Oc1c(C(C)(C)C)cc(/C=[N+](\C)[O-])cc1C(C)(C)C. The van der Waals surface area contributed by atoms with Crippen LogP contribution in [-0.4, -0.2) is 43.1 Å². The van der Waals surface area contributed by atoms with E-state index in [0.29, 0.717) is 5.75 Å². The summed E-state index contributed by atoms with van der Waals surface area (Å²) in [6.45, 7) is 12.4. The largest absolute Gasteiger partial charge is 0.624 e. The Morgan fingerprint density at radius 1 is 1.08 bits per heavy atom. The van der Waals surface area contributed by atoms with E-state index in [4.69, 9.17) is 4.74 Å². The molecule has 0 aromatic heterocycles. The van der Waals surface area contributed by atoms with Crippen LogP contribution in [0.5, 0.6) is 5.75 Å². The molecule has 1 rings (SSSR count). The predicted molar refractivity (Wildman–Crippen MR) is 98.3 cm³/mol. The molecule has 1 aromatic rings. The van der Waals surface area contributed by atoms with Crippen LogP contribution in [0, 0.1) is 5.21 Å². The van der Waals surface area contributed by atoms with Gasteiger partial charge < -0.3 is 14.8 Å². The highest BCUT2D eigenvalue weighted by Crippen LogP contribution is 2.40. The van der Waals surface area contributed by atoms with E-state index in [9.17, 15) is 10.0 Å². The maximum Gasteiger partial charge on any atom is 0.414 e. The zero-order valence-corrected chi connectivity index (χ0v) is 16.4. The maximum absolute atomic E-state index is 12.2. The molecule has 0 radical (unpaired) electrons. The molecular weight excluding hydrogens is 304 g/mol. The second kappa shape index (κ2) is 6.83. The summed E-state index contributed by atoms with van der Waals surface area (Å²) < 4.78 is 6.51. The predicted octanol–water partition coefficient (Wildman–Crippen LogP) is 3.90. The van der Waals surface area contributed by atoms with Crippen LogP contribution in [0.1, 0.15) is 58.2 Å². The van der Waals surface area contributed by atoms with Crippen molar-refractivity contribution in [2.75, 3.05) is 21.1 Å². The highest BCUT2D eigenvalue weighted by Gasteiger charge is 2.29. The number of nitrogens with zero attached hydrogens (tertiary/aromatic N) is 2. The molecule has 0 N–H and O–H groups in total. The van der Waals surface area contributed by atoms with Gasteiger partial charge in [-0.1, -0.05) is 41.5 Å². The van der Waals surface area contributed by atoms with Gasteiger partial charge in [0.05, 0.1) is 0 Å². The molecule has 0 spiro atoms. The highest BCUT2D eigenvalue weighted by atomic mass is 16.6. The summed E-state index contributed by atoms with van der Waals surface area (Å²) in [6, 6.07) is 3.84. The van der Waals surface area contributed by atoms with Crippen LogP contribution < -0.4 is 4.74 Å². The van der Waals surface area contributed by atoms with Crippen molar-refractivity contribution in [3.63, 3.8) is 0 Å². The number of carbonyl (C=O) groups excluding carboxylic acids is 1. The Balaban J connectivity index is 3.74. The molecule has 0 aliphatic rings. The zero-order valence-electron chi connectivity index (χ0n) is 16.4. The van der Waals surface area contributed by atoms with Crippen molar-refractivity contribution in [1.29, 1.82) is 0 Å². The van der Waals surface area contributed by atoms with Gasteiger partial charge in [-0.2, -0.15) is 0 Å². The van der Waals surface area contributed by atoms with E-state index in [1.54, 1.807) is 14.1 Å². The molecular formula is C19H30N2O3. The van der Waals surface area contributed by atoms with Gasteiger partial charge in [0.25, 0.3) is 0 Å². The number of amides is 1. The van der Waals surface area contributed by atoms with Crippen molar-refractivity contribution in [3.05, 3.63) is 34.0 Å². The first-order chi connectivity index (χ1) is 10.7. The first-order valence-electron chi connectivity index (χ1n) is 8.06. The fraction of sp³-hybridized carbons (Fsp3) is 0.579. The van der Waals surface area contributed by atoms with Crippen LogP contribution in [-0.2, 0) is 10.8 Å². The van der Waals surface area contributed by atoms with Crippen molar-refractivity contribution < 1.29 is 14.3 Å². The maximum atomic E-state index is 12.2. The Labute approximate surface area is 145 Å². The molecule has 5 nitrogen and oxygen atoms in total. The Hall–Kier alpha value is -2.04. The van der Waals surface area contributed by atoms with Gasteiger partial charge in [-0.15, -0.1) is 0 Å². The molecule has 0 saturated carbocycles. The normalized spacial score (nSPS) is 13.0. The van der Waals surface area contributed by atoms with E-state index >= 15 is 0 Å². The van der Waals surface area contributed by atoms with E-state index < -0.39 is 6.09 Å². The zero-order chi connectivity index (χ0) is 18.9. The molecule has 0 aliphatic heterocycles. The first-order valence-corrected chi connectivity index (χ1v) is 8.06. The number of hydroxylamine groups is 1. The molecule has 5 heteroatoms. The Morgan fingerprint density at radius 2 is 1.50 bits per heavy atom. The second-order valence-corrected chi connectivity index (χ2v) is 8.38. The van der Waals surface area contributed by atoms with Crippen LogP contribution >= 0.6 is 0 Å². The van der Waals surface area contributed by atoms with Crippen molar-refractivity contribution in [2.45, 2.75) is 52.4 Å². The standard InChI is InChI=1S/C19H30N2O3/c1-18(2,3)14-10-13(12-21(9)23)11-15(19(4,5)6)16(14)24-17(22)20(7)8/h10-12H,1-9H3/b21-12+. The van der Waals surface area contributed by atoms with Crippen molar-refractivity contribution >= 4 is 12.3 Å². The van der Waals surface area contributed by atoms with Crippen LogP contribution in [0.15, 0.2) is 12.1 Å². The summed E-state index contributed by atoms with van der Waals surface area (Å²) in [6.07, 6.45) is 1.12. The first kappa shape index (κ1) is 20.0. The smallest absolute Gasteiger partial charge is 0.414 e. The van der Waals surface area contributed by atoms with E-state index in [1.807, 2.05) is 12.1 Å². The minimum absolute atomic E-state index is 0.243.